The van der Waals surface area contributed by atoms with Gasteiger partial charge in [0.2, 0.25) is 5.91 Å². The lowest BCUT2D eigenvalue weighted by Gasteiger charge is -2.04. The number of anilines is 1. The Hall–Kier alpha value is -2.21. The van der Waals surface area contributed by atoms with E-state index in [0.29, 0.717) is 5.69 Å². The van der Waals surface area contributed by atoms with E-state index in [9.17, 15) is 4.79 Å². The minimum Gasteiger partial charge on any atom is -0.324 e. The molecule has 1 aromatic carbocycles. The maximum absolute atomic E-state index is 11.7. The van der Waals surface area contributed by atoms with Crippen LogP contribution in [-0.2, 0) is 11.3 Å². The molecule has 2 aromatic rings. The normalized spacial score (nSPS) is 12.1. The monoisotopic (exact) mass is 245 g/mol. The Morgan fingerprint density at radius 1 is 1.44 bits per heavy atom. The minimum atomic E-state index is -0.184. The fourth-order valence-electron chi connectivity index (χ4n) is 1.47. The zero-order chi connectivity index (χ0) is 13.0. The molecule has 1 atom stereocenters. The molecule has 94 valence electrons. The Morgan fingerprint density at radius 3 is 2.78 bits per heavy atom. The van der Waals surface area contributed by atoms with E-state index in [-0.39, 0.29) is 18.5 Å². The van der Waals surface area contributed by atoms with Crippen molar-refractivity contribution in [1.82, 2.24) is 15.0 Å². The average molecular weight is 245 g/mol. The summed E-state index contributed by atoms with van der Waals surface area (Å²) in [5.41, 5.74) is 7.09. The molecule has 0 saturated heterocycles. The summed E-state index contributed by atoms with van der Waals surface area (Å²) < 4.78 is 1.47. The van der Waals surface area contributed by atoms with Crippen LogP contribution >= 0.6 is 0 Å². The first-order valence-corrected chi connectivity index (χ1v) is 5.65. The number of hydrogen-bond acceptors (Lipinski definition) is 4. The summed E-state index contributed by atoms with van der Waals surface area (Å²) in [4.78, 5) is 11.7. The van der Waals surface area contributed by atoms with Crippen LogP contribution in [0.4, 0.5) is 5.69 Å². The number of benzene rings is 1. The smallest absolute Gasteiger partial charge is 0.246 e. The van der Waals surface area contributed by atoms with Crippen molar-refractivity contribution in [1.29, 1.82) is 0 Å². The molecule has 0 fully saturated rings. The zero-order valence-corrected chi connectivity index (χ0v) is 10.1. The molecular weight excluding hydrogens is 230 g/mol. The molecule has 18 heavy (non-hydrogen) atoms. The number of carbonyl (C=O) groups excluding carboxylic acids is 1. The van der Waals surface area contributed by atoms with Gasteiger partial charge in [0.1, 0.15) is 6.54 Å². The van der Waals surface area contributed by atoms with E-state index < -0.39 is 0 Å². The molecule has 1 unspecified atom stereocenters. The summed E-state index contributed by atoms with van der Waals surface area (Å²) in [6.45, 7) is 1.94. The van der Waals surface area contributed by atoms with Crippen LogP contribution in [0.15, 0.2) is 36.5 Å². The van der Waals surface area contributed by atoms with Crippen LogP contribution in [0.25, 0.3) is 0 Å². The van der Waals surface area contributed by atoms with Crippen LogP contribution in [0.5, 0.6) is 0 Å². The van der Waals surface area contributed by atoms with Gasteiger partial charge in [-0.3, -0.25) is 4.79 Å². The van der Waals surface area contributed by atoms with Crippen molar-refractivity contribution in [3.05, 3.63) is 42.2 Å². The van der Waals surface area contributed by atoms with Crippen molar-refractivity contribution < 1.29 is 4.79 Å². The van der Waals surface area contributed by atoms with E-state index in [4.69, 9.17) is 5.73 Å². The number of para-hydroxylation sites is 1. The van der Waals surface area contributed by atoms with Gasteiger partial charge in [0.15, 0.2) is 0 Å². The molecule has 1 aromatic heterocycles. The average Bonchev–Trinajstić information content (AvgIpc) is 2.78. The summed E-state index contributed by atoms with van der Waals surface area (Å²) in [5.74, 6) is -0.151. The third-order valence-corrected chi connectivity index (χ3v) is 2.39. The molecule has 0 aliphatic rings. The highest BCUT2D eigenvalue weighted by atomic mass is 16.2. The van der Waals surface area contributed by atoms with Crippen molar-refractivity contribution in [2.45, 2.75) is 19.5 Å². The molecule has 3 N–H and O–H groups in total. The first-order chi connectivity index (χ1) is 8.65. The Morgan fingerprint density at radius 2 is 2.17 bits per heavy atom. The molecule has 1 amide bonds. The largest absolute Gasteiger partial charge is 0.324 e. The lowest BCUT2D eigenvalue weighted by atomic mass is 10.3. The van der Waals surface area contributed by atoms with E-state index in [2.05, 4.69) is 15.6 Å². The molecule has 2 rings (SSSR count). The standard InChI is InChI=1S/C12H15N5O/c1-9(13)11-7-17(16-15-11)8-12(18)14-10-5-3-2-4-6-10/h2-7,9H,8,13H2,1H3,(H,14,18). The zero-order valence-electron chi connectivity index (χ0n) is 10.1. The Balaban J connectivity index is 1.95. The Kier molecular flexibility index (Phi) is 3.69. The van der Waals surface area contributed by atoms with Crippen molar-refractivity contribution in [3.63, 3.8) is 0 Å². The minimum absolute atomic E-state index is 0.120. The number of aromatic nitrogens is 3. The van der Waals surface area contributed by atoms with E-state index in [1.165, 1.54) is 4.68 Å². The molecule has 6 heteroatoms. The van der Waals surface area contributed by atoms with Gasteiger partial charge in [0.05, 0.1) is 11.9 Å². The molecule has 1 heterocycles. The van der Waals surface area contributed by atoms with E-state index >= 15 is 0 Å². The van der Waals surface area contributed by atoms with Crippen LogP contribution in [0.2, 0.25) is 0 Å². The van der Waals surface area contributed by atoms with Crippen molar-refractivity contribution in [2.24, 2.45) is 5.73 Å². The highest BCUT2D eigenvalue weighted by Gasteiger charge is 2.08. The first kappa shape index (κ1) is 12.3. The molecule has 6 nitrogen and oxygen atoms in total. The maximum atomic E-state index is 11.7. The third kappa shape index (κ3) is 3.14. The van der Waals surface area contributed by atoms with Gasteiger partial charge in [-0.1, -0.05) is 23.4 Å². The van der Waals surface area contributed by atoms with Gasteiger partial charge in [-0.2, -0.15) is 0 Å². The van der Waals surface area contributed by atoms with Crippen LogP contribution in [0, 0.1) is 0 Å². The van der Waals surface area contributed by atoms with E-state index in [1.54, 1.807) is 6.20 Å². The molecule has 0 saturated carbocycles. The van der Waals surface area contributed by atoms with E-state index in [1.807, 2.05) is 37.3 Å². The molecule has 0 radical (unpaired) electrons. The van der Waals surface area contributed by atoms with Gasteiger partial charge in [-0.15, -0.1) is 5.10 Å². The number of nitrogens with two attached hydrogens (primary N) is 1. The number of amides is 1. The topological polar surface area (TPSA) is 85.8 Å². The second-order valence-corrected chi connectivity index (χ2v) is 4.04. The quantitative estimate of drug-likeness (QED) is 0.839. The summed E-state index contributed by atoms with van der Waals surface area (Å²) in [6.07, 6.45) is 1.68. The molecule has 0 aliphatic carbocycles. The highest BCUT2D eigenvalue weighted by molar-refractivity contribution is 5.90. The van der Waals surface area contributed by atoms with Crippen molar-refractivity contribution in [3.8, 4) is 0 Å². The summed E-state index contributed by atoms with van der Waals surface area (Å²) in [5, 5.41) is 10.5. The summed E-state index contributed by atoms with van der Waals surface area (Å²) in [7, 11) is 0. The number of rotatable bonds is 4. The highest BCUT2D eigenvalue weighted by Crippen LogP contribution is 2.06. The number of nitrogens with zero attached hydrogens (tertiary/aromatic N) is 3. The first-order valence-electron chi connectivity index (χ1n) is 5.65. The lowest BCUT2D eigenvalue weighted by Crippen LogP contribution is -2.19. The lowest BCUT2D eigenvalue weighted by molar-refractivity contribution is -0.116. The molecule has 0 spiro atoms. The molecular formula is C12H15N5O. The second kappa shape index (κ2) is 5.42. The van der Waals surface area contributed by atoms with Crippen LogP contribution in [-0.4, -0.2) is 20.9 Å². The van der Waals surface area contributed by atoms with Gasteiger partial charge in [-0.05, 0) is 19.1 Å². The Bertz CT molecular complexity index is 520. The van der Waals surface area contributed by atoms with E-state index in [0.717, 1.165) is 5.69 Å². The number of hydrogen-bond donors (Lipinski definition) is 2. The van der Waals surface area contributed by atoms with Crippen molar-refractivity contribution >= 4 is 11.6 Å². The maximum Gasteiger partial charge on any atom is 0.246 e. The van der Waals surface area contributed by atoms with Crippen LogP contribution in [0.1, 0.15) is 18.7 Å². The van der Waals surface area contributed by atoms with Gasteiger partial charge < -0.3 is 11.1 Å². The van der Waals surface area contributed by atoms with Gasteiger partial charge in [0.25, 0.3) is 0 Å². The predicted molar refractivity (Wildman–Crippen MR) is 67.7 cm³/mol. The predicted octanol–water partition coefficient (Wildman–Crippen LogP) is 0.936. The third-order valence-electron chi connectivity index (χ3n) is 2.39. The Labute approximate surface area is 105 Å². The second-order valence-electron chi connectivity index (χ2n) is 4.04. The SMILES string of the molecule is CC(N)c1cn(CC(=O)Nc2ccccc2)nn1. The van der Waals surface area contributed by atoms with Crippen LogP contribution < -0.4 is 11.1 Å². The molecule has 0 bridgehead atoms. The number of nitrogens with one attached hydrogen (secondary N) is 1. The molecule has 0 aliphatic heterocycles. The fourth-order valence-corrected chi connectivity index (χ4v) is 1.47. The van der Waals surface area contributed by atoms with Gasteiger partial charge >= 0.3 is 0 Å². The van der Waals surface area contributed by atoms with Gasteiger partial charge in [-0.25, -0.2) is 4.68 Å². The fraction of sp³-hybridized carbons (Fsp3) is 0.250. The van der Waals surface area contributed by atoms with Crippen LogP contribution in [0.3, 0.4) is 0 Å². The van der Waals surface area contributed by atoms with Gasteiger partial charge in [0, 0.05) is 11.7 Å². The van der Waals surface area contributed by atoms with Crippen molar-refractivity contribution in [2.75, 3.05) is 5.32 Å². The number of carbonyl (C=O) groups is 1. The summed E-state index contributed by atoms with van der Waals surface area (Å²) >= 11 is 0. The summed E-state index contributed by atoms with van der Waals surface area (Å²) in [6, 6.07) is 9.08.